The van der Waals surface area contributed by atoms with Gasteiger partial charge in [-0.2, -0.15) is 0 Å². The molecule has 66 valence electrons. The van der Waals surface area contributed by atoms with Crippen LogP contribution in [0.4, 0.5) is 0 Å². The maximum absolute atomic E-state index is 11.2. The number of hydrogen-bond donors (Lipinski definition) is 0. The van der Waals surface area contributed by atoms with E-state index in [4.69, 9.17) is 0 Å². The van der Waals surface area contributed by atoms with Crippen molar-refractivity contribution in [2.24, 2.45) is 0 Å². The van der Waals surface area contributed by atoms with Crippen LogP contribution in [0.3, 0.4) is 0 Å². The highest BCUT2D eigenvalue weighted by Crippen LogP contribution is 2.05. The Bertz CT molecular complexity index is 264. The van der Waals surface area contributed by atoms with Crippen molar-refractivity contribution in [3.8, 4) is 0 Å². The SMILES string of the molecule is CCS(=O)Cc1ccc(C)cc1. The molecule has 1 atom stereocenters. The predicted molar refractivity (Wildman–Crippen MR) is 53.6 cm³/mol. The predicted octanol–water partition coefficient (Wildman–Crippen LogP) is 2.26. The first-order valence-electron chi connectivity index (χ1n) is 4.13. The zero-order chi connectivity index (χ0) is 8.97. The van der Waals surface area contributed by atoms with Crippen molar-refractivity contribution in [2.45, 2.75) is 19.6 Å². The Labute approximate surface area is 76.3 Å². The first-order valence-corrected chi connectivity index (χ1v) is 5.61. The topological polar surface area (TPSA) is 17.1 Å². The molecule has 0 amide bonds. The van der Waals surface area contributed by atoms with Crippen molar-refractivity contribution in [3.05, 3.63) is 35.4 Å². The summed E-state index contributed by atoms with van der Waals surface area (Å²) in [4.78, 5) is 0. The van der Waals surface area contributed by atoms with Crippen LogP contribution >= 0.6 is 0 Å². The van der Waals surface area contributed by atoms with E-state index in [1.807, 2.05) is 19.1 Å². The van der Waals surface area contributed by atoms with Crippen LogP contribution < -0.4 is 0 Å². The van der Waals surface area contributed by atoms with Gasteiger partial charge < -0.3 is 0 Å². The number of benzene rings is 1. The van der Waals surface area contributed by atoms with Crippen LogP contribution in [-0.4, -0.2) is 9.96 Å². The van der Waals surface area contributed by atoms with Gasteiger partial charge in [0.05, 0.1) is 0 Å². The molecule has 1 rings (SSSR count). The van der Waals surface area contributed by atoms with Crippen LogP contribution in [0.25, 0.3) is 0 Å². The second kappa shape index (κ2) is 4.41. The maximum atomic E-state index is 11.2. The summed E-state index contributed by atoms with van der Waals surface area (Å²) in [6.45, 7) is 4.00. The molecule has 0 aromatic heterocycles. The normalized spacial score (nSPS) is 12.8. The van der Waals surface area contributed by atoms with Crippen LogP contribution in [0.5, 0.6) is 0 Å². The highest BCUT2D eigenvalue weighted by atomic mass is 32.2. The second-order valence-corrected chi connectivity index (χ2v) is 4.60. The van der Waals surface area contributed by atoms with E-state index in [-0.39, 0.29) is 0 Å². The van der Waals surface area contributed by atoms with Crippen molar-refractivity contribution < 1.29 is 4.21 Å². The molecule has 0 saturated heterocycles. The molecule has 1 unspecified atom stereocenters. The van der Waals surface area contributed by atoms with Gasteiger partial charge in [-0.3, -0.25) is 4.21 Å². The van der Waals surface area contributed by atoms with Crippen molar-refractivity contribution in [1.29, 1.82) is 0 Å². The molecular formula is C10H14OS. The average molecular weight is 182 g/mol. The van der Waals surface area contributed by atoms with E-state index in [2.05, 4.69) is 19.1 Å². The van der Waals surface area contributed by atoms with Crippen LogP contribution in [0.1, 0.15) is 18.1 Å². The van der Waals surface area contributed by atoms with Crippen LogP contribution in [0.15, 0.2) is 24.3 Å². The molecule has 0 saturated carbocycles. The smallest absolute Gasteiger partial charge is 0.0485 e. The summed E-state index contributed by atoms with van der Waals surface area (Å²) in [7, 11) is -0.685. The maximum Gasteiger partial charge on any atom is 0.0485 e. The fourth-order valence-electron chi connectivity index (χ4n) is 0.972. The molecule has 0 aliphatic carbocycles. The van der Waals surface area contributed by atoms with Crippen LogP contribution in [0.2, 0.25) is 0 Å². The van der Waals surface area contributed by atoms with E-state index in [1.165, 1.54) is 11.1 Å². The molecule has 0 aliphatic rings. The summed E-state index contributed by atoms with van der Waals surface area (Å²) in [5.74, 6) is 1.44. The molecule has 0 radical (unpaired) electrons. The molecule has 0 N–H and O–H groups in total. The summed E-state index contributed by atoms with van der Waals surface area (Å²) in [6.07, 6.45) is 0. The average Bonchev–Trinajstić information content (AvgIpc) is 2.09. The Morgan fingerprint density at radius 2 is 1.83 bits per heavy atom. The fraction of sp³-hybridized carbons (Fsp3) is 0.400. The Kier molecular flexibility index (Phi) is 3.48. The van der Waals surface area contributed by atoms with Crippen LogP contribution in [-0.2, 0) is 16.6 Å². The highest BCUT2D eigenvalue weighted by Gasteiger charge is 1.97. The lowest BCUT2D eigenvalue weighted by Gasteiger charge is -1.99. The Morgan fingerprint density at radius 3 is 2.33 bits per heavy atom. The molecule has 0 spiro atoms. The minimum absolute atomic E-state index is 0.685. The molecule has 1 nitrogen and oxygen atoms in total. The monoisotopic (exact) mass is 182 g/mol. The van der Waals surface area contributed by atoms with Crippen molar-refractivity contribution >= 4 is 10.8 Å². The lowest BCUT2D eigenvalue weighted by molar-refractivity contribution is 0.683. The second-order valence-electron chi connectivity index (χ2n) is 2.86. The molecule has 0 heterocycles. The zero-order valence-corrected chi connectivity index (χ0v) is 8.36. The minimum Gasteiger partial charge on any atom is -0.259 e. The lowest BCUT2D eigenvalue weighted by atomic mass is 10.2. The summed E-state index contributed by atoms with van der Waals surface area (Å²) in [5, 5.41) is 0. The number of hydrogen-bond acceptors (Lipinski definition) is 1. The number of rotatable bonds is 3. The van der Waals surface area contributed by atoms with Crippen LogP contribution in [0, 0.1) is 6.92 Å². The van der Waals surface area contributed by atoms with Gasteiger partial charge in [-0.1, -0.05) is 36.8 Å². The molecule has 1 aromatic carbocycles. The quantitative estimate of drug-likeness (QED) is 0.701. The molecule has 0 fully saturated rings. The first kappa shape index (κ1) is 9.46. The number of aryl methyl sites for hydroxylation is 1. The van der Waals surface area contributed by atoms with Gasteiger partial charge in [0.2, 0.25) is 0 Å². The Hall–Kier alpha value is -0.630. The van der Waals surface area contributed by atoms with Gasteiger partial charge in [0.25, 0.3) is 0 Å². The third-order valence-electron chi connectivity index (χ3n) is 1.77. The van der Waals surface area contributed by atoms with Gasteiger partial charge in [-0.05, 0) is 12.5 Å². The molecule has 12 heavy (non-hydrogen) atoms. The molecule has 2 heteroatoms. The van der Waals surface area contributed by atoms with E-state index in [1.54, 1.807) is 0 Å². The van der Waals surface area contributed by atoms with Gasteiger partial charge >= 0.3 is 0 Å². The minimum atomic E-state index is -0.685. The van der Waals surface area contributed by atoms with Crippen molar-refractivity contribution in [2.75, 3.05) is 5.75 Å². The standard InChI is InChI=1S/C10H14OS/c1-3-12(11)8-10-6-4-9(2)5-7-10/h4-7H,3,8H2,1-2H3. The lowest BCUT2D eigenvalue weighted by Crippen LogP contribution is -1.97. The van der Waals surface area contributed by atoms with Gasteiger partial charge in [-0.15, -0.1) is 0 Å². The molecule has 1 aromatic rings. The van der Waals surface area contributed by atoms with Crippen molar-refractivity contribution in [3.63, 3.8) is 0 Å². The van der Waals surface area contributed by atoms with E-state index in [0.29, 0.717) is 5.75 Å². The molecule has 0 aliphatic heterocycles. The van der Waals surface area contributed by atoms with E-state index >= 15 is 0 Å². The third-order valence-corrected chi connectivity index (χ3v) is 3.07. The van der Waals surface area contributed by atoms with E-state index < -0.39 is 10.8 Å². The largest absolute Gasteiger partial charge is 0.259 e. The van der Waals surface area contributed by atoms with Crippen molar-refractivity contribution in [1.82, 2.24) is 0 Å². The summed E-state index contributed by atoms with van der Waals surface area (Å²) < 4.78 is 11.2. The third kappa shape index (κ3) is 2.78. The van der Waals surface area contributed by atoms with Gasteiger partial charge in [0.15, 0.2) is 0 Å². The van der Waals surface area contributed by atoms with E-state index in [0.717, 1.165) is 5.75 Å². The summed E-state index contributed by atoms with van der Waals surface area (Å²) >= 11 is 0. The summed E-state index contributed by atoms with van der Waals surface area (Å²) in [6, 6.07) is 8.20. The molecule has 0 bridgehead atoms. The Morgan fingerprint density at radius 1 is 1.25 bits per heavy atom. The van der Waals surface area contributed by atoms with E-state index in [9.17, 15) is 4.21 Å². The van der Waals surface area contributed by atoms with Gasteiger partial charge in [-0.25, -0.2) is 0 Å². The summed E-state index contributed by atoms with van der Waals surface area (Å²) in [5.41, 5.74) is 2.42. The first-order chi connectivity index (χ1) is 5.72. The fourth-order valence-corrected chi connectivity index (χ4v) is 1.74. The molecular weight excluding hydrogens is 168 g/mol. The van der Waals surface area contributed by atoms with Gasteiger partial charge in [0, 0.05) is 22.3 Å². The zero-order valence-electron chi connectivity index (χ0n) is 7.54. The van der Waals surface area contributed by atoms with Gasteiger partial charge in [0.1, 0.15) is 0 Å². The highest BCUT2D eigenvalue weighted by molar-refractivity contribution is 7.84. The Balaban J connectivity index is 2.64.